The number of benzene rings is 2. The topological polar surface area (TPSA) is 41.1 Å². The first-order chi connectivity index (χ1) is 11.2. The number of halogens is 1. The summed E-state index contributed by atoms with van der Waals surface area (Å²) in [6.45, 7) is 0. The molecular formula is C18H15FN2OS. The number of urea groups is 1. The van der Waals surface area contributed by atoms with Gasteiger partial charge in [0.1, 0.15) is 5.82 Å². The average Bonchev–Trinajstić information content (AvgIpc) is 3.09. The molecule has 0 saturated carbocycles. The molecule has 3 aromatic rings. The summed E-state index contributed by atoms with van der Waals surface area (Å²) < 4.78 is 13.1. The molecule has 1 heterocycles. The van der Waals surface area contributed by atoms with Crippen molar-refractivity contribution in [2.24, 2.45) is 0 Å². The fraction of sp³-hybridized carbons (Fsp3) is 0.0556. The summed E-state index contributed by atoms with van der Waals surface area (Å²) in [6.07, 6.45) is 0. The van der Waals surface area contributed by atoms with Crippen molar-refractivity contribution in [3.05, 3.63) is 88.4 Å². The number of amides is 2. The molecule has 2 amide bonds. The van der Waals surface area contributed by atoms with Crippen LogP contribution in [0.4, 0.5) is 14.9 Å². The fourth-order valence-corrected chi connectivity index (χ4v) is 3.05. The van der Waals surface area contributed by atoms with Gasteiger partial charge in [-0.1, -0.05) is 36.4 Å². The molecule has 0 saturated heterocycles. The Balaban J connectivity index is 1.79. The molecule has 0 aliphatic rings. The first-order valence-corrected chi connectivity index (χ1v) is 8.02. The van der Waals surface area contributed by atoms with Crippen LogP contribution in [0.1, 0.15) is 16.5 Å². The molecular weight excluding hydrogens is 311 g/mol. The smallest absolute Gasteiger partial charge is 0.320 e. The molecule has 1 atom stereocenters. The minimum Gasteiger partial charge on any atom is -0.326 e. The zero-order chi connectivity index (χ0) is 16.1. The molecule has 116 valence electrons. The van der Waals surface area contributed by atoms with Crippen LogP contribution in [0.25, 0.3) is 0 Å². The standard InChI is InChI=1S/C18H15FN2OS/c19-14-10-8-13(9-11-14)17(16-7-4-12-23-16)21-18(22)20-15-5-2-1-3-6-15/h1-12,17H,(H2,20,21,22)/t17-/m0/s1. The number of anilines is 1. The van der Waals surface area contributed by atoms with Gasteiger partial charge in [0, 0.05) is 10.6 Å². The van der Waals surface area contributed by atoms with Crippen LogP contribution in [0.15, 0.2) is 72.1 Å². The van der Waals surface area contributed by atoms with Crippen molar-refractivity contribution in [2.45, 2.75) is 6.04 Å². The molecule has 0 radical (unpaired) electrons. The van der Waals surface area contributed by atoms with E-state index in [9.17, 15) is 9.18 Å². The van der Waals surface area contributed by atoms with Gasteiger partial charge in [0.05, 0.1) is 6.04 Å². The van der Waals surface area contributed by atoms with Gasteiger partial charge in [-0.05, 0) is 41.3 Å². The first kappa shape index (κ1) is 15.2. The molecule has 5 heteroatoms. The number of carbonyl (C=O) groups excluding carboxylic acids is 1. The van der Waals surface area contributed by atoms with Crippen LogP contribution in [-0.4, -0.2) is 6.03 Å². The van der Waals surface area contributed by atoms with Crippen LogP contribution in [-0.2, 0) is 0 Å². The molecule has 0 fully saturated rings. The summed E-state index contributed by atoms with van der Waals surface area (Å²) in [5.74, 6) is -0.299. The second-order valence-corrected chi connectivity index (χ2v) is 5.94. The lowest BCUT2D eigenvalue weighted by Crippen LogP contribution is -2.32. The van der Waals surface area contributed by atoms with Crippen LogP contribution in [0.3, 0.4) is 0 Å². The Morgan fingerprint density at radius 2 is 1.70 bits per heavy atom. The summed E-state index contributed by atoms with van der Waals surface area (Å²) in [6, 6.07) is 18.6. The fourth-order valence-electron chi connectivity index (χ4n) is 2.25. The lowest BCUT2D eigenvalue weighted by atomic mass is 10.1. The van der Waals surface area contributed by atoms with Crippen LogP contribution in [0.2, 0.25) is 0 Å². The molecule has 0 unspecified atom stereocenters. The SMILES string of the molecule is O=C(Nc1ccccc1)N[C@@H](c1ccc(F)cc1)c1cccs1. The predicted molar refractivity (Wildman–Crippen MR) is 91.2 cm³/mol. The molecule has 3 rings (SSSR count). The third-order valence-corrected chi connectivity index (χ3v) is 4.28. The van der Waals surface area contributed by atoms with Crippen LogP contribution >= 0.6 is 11.3 Å². The lowest BCUT2D eigenvalue weighted by molar-refractivity contribution is 0.250. The van der Waals surface area contributed by atoms with E-state index < -0.39 is 0 Å². The summed E-state index contributed by atoms with van der Waals surface area (Å²) >= 11 is 1.54. The van der Waals surface area contributed by atoms with E-state index in [2.05, 4.69) is 10.6 Å². The first-order valence-electron chi connectivity index (χ1n) is 7.14. The van der Waals surface area contributed by atoms with Gasteiger partial charge < -0.3 is 10.6 Å². The highest BCUT2D eigenvalue weighted by atomic mass is 32.1. The van der Waals surface area contributed by atoms with Gasteiger partial charge in [0.25, 0.3) is 0 Å². The van der Waals surface area contributed by atoms with Gasteiger partial charge in [0.2, 0.25) is 0 Å². The number of rotatable bonds is 4. The van der Waals surface area contributed by atoms with E-state index in [0.29, 0.717) is 5.69 Å². The molecule has 2 N–H and O–H groups in total. The van der Waals surface area contributed by atoms with Crippen molar-refractivity contribution in [1.29, 1.82) is 0 Å². The maximum Gasteiger partial charge on any atom is 0.320 e. The van der Waals surface area contributed by atoms with Crippen molar-refractivity contribution >= 4 is 23.1 Å². The Labute approximate surface area is 137 Å². The maximum atomic E-state index is 13.1. The zero-order valence-corrected chi connectivity index (χ0v) is 13.0. The summed E-state index contributed by atoms with van der Waals surface area (Å²) in [4.78, 5) is 13.3. The van der Waals surface area contributed by atoms with E-state index in [-0.39, 0.29) is 17.9 Å². The Bertz CT molecular complexity index is 757. The molecule has 23 heavy (non-hydrogen) atoms. The van der Waals surface area contributed by atoms with E-state index in [0.717, 1.165) is 10.4 Å². The van der Waals surface area contributed by atoms with Gasteiger partial charge in [-0.3, -0.25) is 0 Å². The van der Waals surface area contributed by atoms with Crippen LogP contribution in [0.5, 0.6) is 0 Å². The molecule has 3 nitrogen and oxygen atoms in total. The van der Waals surface area contributed by atoms with Crippen molar-refractivity contribution in [1.82, 2.24) is 5.32 Å². The highest BCUT2D eigenvalue weighted by molar-refractivity contribution is 7.10. The van der Waals surface area contributed by atoms with Gasteiger partial charge in [-0.15, -0.1) is 11.3 Å². The maximum absolute atomic E-state index is 13.1. The lowest BCUT2D eigenvalue weighted by Gasteiger charge is -2.18. The molecule has 0 aliphatic carbocycles. The van der Waals surface area contributed by atoms with Crippen LogP contribution in [0, 0.1) is 5.82 Å². The molecule has 1 aromatic heterocycles. The minimum absolute atomic E-state index is 0.299. The van der Waals surface area contributed by atoms with E-state index in [1.807, 2.05) is 47.8 Å². The van der Waals surface area contributed by atoms with Crippen LogP contribution < -0.4 is 10.6 Å². The molecule has 2 aromatic carbocycles. The number of hydrogen-bond acceptors (Lipinski definition) is 2. The largest absolute Gasteiger partial charge is 0.326 e. The molecule has 0 aliphatic heterocycles. The second-order valence-electron chi connectivity index (χ2n) is 4.96. The number of nitrogens with one attached hydrogen (secondary N) is 2. The van der Waals surface area contributed by atoms with Gasteiger partial charge in [0.15, 0.2) is 0 Å². The van der Waals surface area contributed by atoms with E-state index in [4.69, 9.17) is 0 Å². The molecule has 0 spiro atoms. The Hall–Kier alpha value is -2.66. The Kier molecular flexibility index (Phi) is 4.68. The van der Waals surface area contributed by atoms with Crippen molar-refractivity contribution < 1.29 is 9.18 Å². The number of thiophene rings is 1. The van der Waals surface area contributed by atoms with E-state index in [1.165, 1.54) is 12.1 Å². The normalized spacial score (nSPS) is 11.7. The summed E-state index contributed by atoms with van der Waals surface area (Å²) in [7, 11) is 0. The third-order valence-electron chi connectivity index (χ3n) is 3.34. The third kappa shape index (κ3) is 3.96. The number of hydrogen-bond donors (Lipinski definition) is 2. The van der Waals surface area contributed by atoms with E-state index in [1.54, 1.807) is 23.5 Å². The highest BCUT2D eigenvalue weighted by Gasteiger charge is 2.18. The second kappa shape index (κ2) is 7.07. The van der Waals surface area contributed by atoms with Crippen molar-refractivity contribution in [2.75, 3.05) is 5.32 Å². The van der Waals surface area contributed by atoms with Crippen molar-refractivity contribution in [3.63, 3.8) is 0 Å². The van der Waals surface area contributed by atoms with Crippen molar-refractivity contribution in [3.8, 4) is 0 Å². The van der Waals surface area contributed by atoms with Gasteiger partial charge >= 0.3 is 6.03 Å². The van der Waals surface area contributed by atoms with Gasteiger partial charge in [-0.2, -0.15) is 0 Å². The Morgan fingerprint density at radius 1 is 0.957 bits per heavy atom. The summed E-state index contributed by atoms with van der Waals surface area (Å²) in [5, 5.41) is 7.68. The number of para-hydroxylation sites is 1. The Morgan fingerprint density at radius 3 is 2.35 bits per heavy atom. The molecule has 0 bridgehead atoms. The zero-order valence-electron chi connectivity index (χ0n) is 12.2. The monoisotopic (exact) mass is 326 g/mol. The predicted octanol–water partition coefficient (Wildman–Crippen LogP) is 4.80. The average molecular weight is 326 g/mol. The van der Waals surface area contributed by atoms with Gasteiger partial charge in [-0.25, -0.2) is 9.18 Å². The number of carbonyl (C=O) groups is 1. The van der Waals surface area contributed by atoms with E-state index >= 15 is 0 Å². The highest BCUT2D eigenvalue weighted by Crippen LogP contribution is 2.26. The minimum atomic E-state index is -0.320. The summed E-state index contributed by atoms with van der Waals surface area (Å²) in [5.41, 5.74) is 1.55. The quantitative estimate of drug-likeness (QED) is 0.710.